The molecule has 60 heavy (non-hydrogen) atoms. The first-order valence-electron chi connectivity index (χ1n) is 20.3. The summed E-state index contributed by atoms with van der Waals surface area (Å²) in [7, 11) is 2.66. The van der Waals surface area contributed by atoms with Crippen molar-refractivity contribution < 1.29 is 28.7 Å². The Labute approximate surface area is 353 Å². The maximum Gasteiger partial charge on any atom is 0.331 e. The van der Waals surface area contributed by atoms with Gasteiger partial charge in [-0.25, -0.2) is 0 Å². The molecule has 0 aromatic heterocycles. The fourth-order valence-corrected chi connectivity index (χ4v) is 7.79. The molecule has 0 spiro atoms. The zero-order valence-corrected chi connectivity index (χ0v) is 33.4. The highest BCUT2D eigenvalue weighted by molar-refractivity contribution is 6.67. The molecule has 10 heteroatoms. The van der Waals surface area contributed by atoms with E-state index in [1.807, 2.05) is 97.1 Å². The Morgan fingerprint density at radius 2 is 0.750 bits per heavy atom. The van der Waals surface area contributed by atoms with Gasteiger partial charge in [-0.15, -0.1) is 0 Å². The van der Waals surface area contributed by atoms with Crippen LogP contribution in [0.25, 0.3) is 22.3 Å². The third kappa shape index (κ3) is 11.0. The van der Waals surface area contributed by atoms with E-state index < -0.39 is 12.2 Å². The first kappa shape index (κ1) is 41.8. The average molecular weight is 793 g/mol. The lowest BCUT2D eigenvalue weighted by Gasteiger charge is -2.22. The Balaban J connectivity index is 0.000000181. The average Bonchev–Trinajstić information content (AvgIpc) is 3.76. The molecule has 6 aromatic carbocycles. The van der Waals surface area contributed by atoms with Crippen LogP contribution in [0.1, 0.15) is 35.1 Å². The molecule has 2 saturated heterocycles. The normalized spacial score (nSPS) is 18.4. The van der Waals surface area contributed by atoms with Gasteiger partial charge in [-0.1, -0.05) is 170 Å². The molecule has 8 nitrogen and oxygen atoms in total. The van der Waals surface area contributed by atoms with Gasteiger partial charge in [-0.2, -0.15) is 0 Å². The van der Waals surface area contributed by atoms with Crippen molar-refractivity contribution in [1.29, 1.82) is 0 Å². The lowest BCUT2D eigenvalue weighted by molar-refractivity contribution is -0.135. The monoisotopic (exact) mass is 792 g/mol. The quantitative estimate of drug-likeness (QED) is 0.0735. The molecule has 0 saturated carbocycles. The minimum atomic E-state index is -0.532. The van der Waals surface area contributed by atoms with Gasteiger partial charge in [-0.3, -0.25) is 9.59 Å². The van der Waals surface area contributed by atoms with E-state index in [9.17, 15) is 19.2 Å². The largest absolute Gasteiger partial charge is 0.377 e. The molecule has 6 aromatic rings. The number of carbonyl (C=O) groups is 4. The van der Waals surface area contributed by atoms with E-state index in [-0.39, 0.29) is 23.9 Å². The minimum absolute atomic E-state index is 0.0916. The van der Waals surface area contributed by atoms with E-state index in [0.717, 1.165) is 33.4 Å². The summed E-state index contributed by atoms with van der Waals surface area (Å²) < 4.78 is 11.8. The maximum atomic E-state index is 12.8. The van der Waals surface area contributed by atoms with Crippen LogP contribution in [-0.4, -0.2) is 72.9 Å². The molecule has 0 N–H and O–H groups in total. The van der Waals surface area contributed by atoms with Crippen LogP contribution in [0.2, 0.25) is 0 Å². The number of carbonyl (C=O) groups excluding carboxylic acids is 4. The standard InChI is InChI=1S/2C25H23BNO3/c2*28-18-26-27-23(16-24(25(27)29)30-17-20-7-3-1-4-8-20)15-19-11-13-22(14-12-19)21-9-5-2-6-10-21/h2*1-14,18,23-24H,15-17H2/t23-,24+;23-,24-/m11/s1. The summed E-state index contributed by atoms with van der Waals surface area (Å²) in [5.74, 6) is -0.298. The smallest absolute Gasteiger partial charge is 0.331 e. The van der Waals surface area contributed by atoms with Gasteiger partial charge in [-0.05, 0) is 57.3 Å². The summed E-state index contributed by atoms with van der Waals surface area (Å²) >= 11 is 0. The molecular formula is C50H46B2N2O6. The first-order valence-corrected chi connectivity index (χ1v) is 20.3. The predicted octanol–water partition coefficient (Wildman–Crippen LogP) is 7.78. The van der Waals surface area contributed by atoms with E-state index in [1.54, 1.807) is 0 Å². The SMILES string of the molecule is O=C[B]N1C(=O)[C@@H](OCc2ccccc2)C[C@H]1Cc1ccc(-c2ccccc2)cc1.O=C[B]N1C(=O)[C@H](OCc2ccccc2)C[C@H]1Cc1ccc(-c2ccccc2)cc1. The van der Waals surface area contributed by atoms with Crippen LogP contribution in [0.4, 0.5) is 0 Å². The van der Waals surface area contributed by atoms with Crippen LogP contribution in [0.5, 0.6) is 0 Å². The third-order valence-electron chi connectivity index (χ3n) is 10.9. The third-order valence-corrected chi connectivity index (χ3v) is 10.9. The Morgan fingerprint density at radius 1 is 0.433 bits per heavy atom. The number of benzene rings is 6. The molecule has 4 atom stereocenters. The summed E-state index contributed by atoms with van der Waals surface area (Å²) in [6.07, 6.45) is 2.76. The maximum absolute atomic E-state index is 12.8. The Kier molecular flexibility index (Phi) is 14.7. The zero-order chi connectivity index (χ0) is 41.5. The summed E-state index contributed by atoms with van der Waals surface area (Å²) in [5.41, 5.74) is 8.95. The Morgan fingerprint density at radius 3 is 1.08 bits per heavy atom. The number of hydrogen-bond acceptors (Lipinski definition) is 6. The van der Waals surface area contributed by atoms with Gasteiger partial charge >= 0.3 is 14.8 Å². The molecule has 2 radical (unpaired) electrons. The second-order valence-corrected chi connectivity index (χ2v) is 14.9. The van der Waals surface area contributed by atoms with Crippen molar-refractivity contribution in [2.75, 3.05) is 0 Å². The van der Waals surface area contributed by atoms with Crippen LogP contribution in [0.15, 0.2) is 170 Å². The van der Waals surface area contributed by atoms with E-state index in [4.69, 9.17) is 9.47 Å². The van der Waals surface area contributed by atoms with Gasteiger partial charge in [0.1, 0.15) is 24.6 Å². The second kappa shape index (κ2) is 21.1. The van der Waals surface area contributed by atoms with Crippen LogP contribution in [0.3, 0.4) is 0 Å². The number of ether oxygens (including phenoxy) is 2. The summed E-state index contributed by atoms with van der Waals surface area (Å²) in [6, 6.07) is 56.6. The summed E-state index contributed by atoms with van der Waals surface area (Å²) in [5, 5.41) is 0. The number of hydrogen-bond donors (Lipinski definition) is 0. The van der Waals surface area contributed by atoms with Gasteiger partial charge < -0.3 is 28.7 Å². The van der Waals surface area contributed by atoms with Crippen LogP contribution in [0, 0.1) is 0 Å². The van der Waals surface area contributed by atoms with Gasteiger partial charge in [0.15, 0.2) is 0 Å². The molecule has 298 valence electrons. The Hall–Kier alpha value is -6.35. The van der Waals surface area contributed by atoms with Crippen molar-refractivity contribution in [2.24, 2.45) is 0 Å². The minimum Gasteiger partial charge on any atom is -0.377 e. The topological polar surface area (TPSA) is 93.2 Å². The van der Waals surface area contributed by atoms with Gasteiger partial charge in [0.2, 0.25) is 11.8 Å². The van der Waals surface area contributed by atoms with Gasteiger partial charge in [0, 0.05) is 24.9 Å². The molecular weight excluding hydrogens is 746 g/mol. The van der Waals surface area contributed by atoms with Crippen LogP contribution in [-0.2, 0) is 54.7 Å². The van der Waals surface area contributed by atoms with Crippen molar-refractivity contribution in [3.63, 3.8) is 0 Å². The molecule has 2 fully saturated rings. The second-order valence-electron chi connectivity index (χ2n) is 14.9. The van der Waals surface area contributed by atoms with Crippen molar-refractivity contribution in [2.45, 2.75) is 63.2 Å². The molecule has 0 bridgehead atoms. The Bertz CT molecular complexity index is 2120. The van der Waals surface area contributed by atoms with E-state index in [1.165, 1.54) is 35.6 Å². The fourth-order valence-electron chi connectivity index (χ4n) is 7.79. The lowest BCUT2D eigenvalue weighted by atomic mass is 9.91. The summed E-state index contributed by atoms with van der Waals surface area (Å²) in [6.45, 7) is 0.759. The lowest BCUT2D eigenvalue weighted by Crippen LogP contribution is -2.39. The zero-order valence-electron chi connectivity index (χ0n) is 33.4. The molecule has 2 aliphatic rings. The molecule has 8 rings (SSSR count). The summed E-state index contributed by atoms with van der Waals surface area (Å²) in [4.78, 5) is 50.8. The number of rotatable bonds is 16. The van der Waals surface area contributed by atoms with Crippen molar-refractivity contribution in [3.8, 4) is 22.3 Å². The van der Waals surface area contributed by atoms with Crippen molar-refractivity contribution >= 4 is 39.0 Å². The van der Waals surface area contributed by atoms with E-state index in [0.29, 0.717) is 51.3 Å². The van der Waals surface area contributed by atoms with Gasteiger partial charge in [0.05, 0.1) is 13.2 Å². The molecule has 0 unspecified atom stereocenters. The molecule has 2 heterocycles. The highest BCUT2D eigenvalue weighted by Crippen LogP contribution is 2.28. The van der Waals surface area contributed by atoms with Crippen LogP contribution >= 0.6 is 0 Å². The number of amides is 2. The molecule has 2 amide bonds. The van der Waals surface area contributed by atoms with Crippen molar-refractivity contribution in [1.82, 2.24) is 9.62 Å². The predicted molar refractivity (Wildman–Crippen MR) is 237 cm³/mol. The van der Waals surface area contributed by atoms with Crippen LogP contribution < -0.4 is 0 Å². The van der Waals surface area contributed by atoms with Gasteiger partial charge in [0.25, 0.3) is 0 Å². The number of nitrogens with zero attached hydrogens (tertiary/aromatic N) is 2. The van der Waals surface area contributed by atoms with E-state index in [2.05, 4.69) is 72.8 Å². The molecule has 2 aliphatic heterocycles. The fraction of sp³-hybridized carbons (Fsp3) is 0.200. The molecule has 0 aliphatic carbocycles. The highest BCUT2D eigenvalue weighted by atomic mass is 16.5. The van der Waals surface area contributed by atoms with Crippen molar-refractivity contribution in [3.05, 3.63) is 192 Å². The van der Waals surface area contributed by atoms with E-state index >= 15 is 0 Å². The highest BCUT2D eigenvalue weighted by Gasteiger charge is 2.41. The first-order chi connectivity index (χ1) is 29.5.